The Kier molecular flexibility index (Phi) is 4.88. The summed E-state index contributed by atoms with van der Waals surface area (Å²) in [6.07, 6.45) is 4.31. The van der Waals surface area contributed by atoms with Gasteiger partial charge in [-0.3, -0.25) is 9.59 Å². The number of methoxy groups -OCH3 is 1. The number of nitrogens with two attached hydrogens (primary N) is 1. The standard InChI is InChI=1S/C15H23N3O3/c1-3-6-17-10-12(16)8-13(17)14(19)18-7-4-5-11(9-18)15(20)21-2/h8,10-11H,3-7,9,16H2,1-2H3. The van der Waals surface area contributed by atoms with Gasteiger partial charge in [-0.1, -0.05) is 6.92 Å². The highest BCUT2D eigenvalue weighted by molar-refractivity contribution is 5.94. The van der Waals surface area contributed by atoms with Gasteiger partial charge >= 0.3 is 5.97 Å². The van der Waals surface area contributed by atoms with E-state index in [0.717, 1.165) is 25.8 Å². The van der Waals surface area contributed by atoms with Crippen molar-refractivity contribution >= 4 is 17.6 Å². The Morgan fingerprint density at radius 1 is 1.48 bits per heavy atom. The Morgan fingerprint density at radius 3 is 2.90 bits per heavy atom. The van der Waals surface area contributed by atoms with Gasteiger partial charge in [0.15, 0.2) is 0 Å². The Balaban J connectivity index is 2.14. The number of aryl methyl sites for hydroxylation is 1. The van der Waals surface area contributed by atoms with E-state index in [-0.39, 0.29) is 17.8 Å². The highest BCUT2D eigenvalue weighted by Crippen LogP contribution is 2.21. The molecule has 0 radical (unpaired) electrons. The minimum atomic E-state index is -0.240. The molecule has 0 aromatic carbocycles. The maximum Gasteiger partial charge on any atom is 0.310 e. The second-order valence-corrected chi connectivity index (χ2v) is 5.47. The fourth-order valence-electron chi connectivity index (χ4n) is 2.82. The van der Waals surface area contributed by atoms with Crippen LogP contribution in [0.4, 0.5) is 5.69 Å². The molecule has 0 aliphatic carbocycles. The molecule has 1 saturated heterocycles. The molecule has 1 atom stereocenters. The van der Waals surface area contributed by atoms with Crippen LogP contribution >= 0.6 is 0 Å². The van der Waals surface area contributed by atoms with Crippen LogP contribution in [-0.4, -0.2) is 41.5 Å². The second-order valence-electron chi connectivity index (χ2n) is 5.47. The fourth-order valence-corrected chi connectivity index (χ4v) is 2.82. The average Bonchev–Trinajstić information content (AvgIpc) is 2.87. The van der Waals surface area contributed by atoms with E-state index in [4.69, 9.17) is 10.5 Å². The van der Waals surface area contributed by atoms with Crippen molar-refractivity contribution in [2.24, 2.45) is 5.92 Å². The number of piperidine rings is 1. The number of hydrogen-bond acceptors (Lipinski definition) is 4. The number of nitrogen functional groups attached to an aromatic ring is 1. The van der Waals surface area contributed by atoms with Crippen molar-refractivity contribution in [3.63, 3.8) is 0 Å². The summed E-state index contributed by atoms with van der Waals surface area (Å²) in [4.78, 5) is 26.1. The first-order valence-electron chi connectivity index (χ1n) is 7.39. The summed E-state index contributed by atoms with van der Waals surface area (Å²) in [6.45, 7) is 3.90. The van der Waals surface area contributed by atoms with E-state index < -0.39 is 0 Å². The maximum atomic E-state index is 12.7. The molecule has 21 heavy (non-hydrogen) atoms. The molecule has 1 aromatic rings. The van der Waals surface area contributed by atoms with Crippen LogP contribution in [0.25, 0.3) is 0 Å². The molecule has 0 spiro atoms. The largest absolute Gasteiger partial charge is 0.469 e. The van der Waals surface area contributed by atoms with Crippen molar-refractivity contribution in [1.82, 2.24) is 9.47 Å². The normalized spacial score (nSPS) is 18.6. The number of nitrogens with zero attached hydrogens (tertiary/aromatic N) is 2. The van der Waals surface area contributed by atoms with Crippen molar-refractivity contribution in [2.75, 3.05) is 25.9 Å². The zero-order valence-electron chi connectivity index (χ0n) is 12.7. The average molecular weight is 293 g/mol. The van der Waals surface area contributed by atoms with E-state index in [1.165, 1.54) is 7.11 Å². The first-order valence-corrected chi connectivity index (χ1v) is 7.39. The molecule has 1 aliphatic rings. The Bertz CT molecular complexity index is 524. The van der Waals surface area contributed by atoms with Gasteiger partial charge in [0.25, 0.3) is 5.91 Å². The van der Waals surface area contributed by atoms with Gasteiger partial charge < -0.3 is 19.9 Å². The molecule has 1 amide bonds. The smallest absolute Gasteiger partial charge is 0.310 e. The molecule has 116 valence electrons. The molecular weight excluding hydrogens is 270 g/mol. The van der Waals surface area contributed by atoms with Crippen molar-refractivity contribution in [3.05, 3.63) is 18.0 Å². The zero-order chi connectivity index (χ0) is 15.4. The molecule has 2 heterocycles. The molecule has 1 unspecified atom stereocenters. The van der Waals surface area contributed by atoms with Crippen molar-refractivity contribution in [2.45, 2.75) is 32.7 Å². The first kappa shape index (κ1) is 15.4. The topological polar surface area (TPSA) is 77.6 Å². The summed E-state index contributed by atoms with van der Waals surface area (Å²) in [6, 6.07) is 1.71. The number of carbonyl (C=O) groups excluding carboxylic acids is 2. The number of likely N-dealkylation sites (tertiary alicyclic amines) is 1. The quantitative estimate of drug-likeness (QED) is 0.854. The number of aromatic nitrogens is 1. The van der Waals surface area contributed by atoms with E-state index in [2.05, 4.69) is 6.92 Å². The third-order valence-corrected chi connectivity index (χ3v) is 3.84. The summed E-state index contributed by atoms with van der Waals surface area (Å²) in [5, 5.41) is 0. The van der Waals surface area contributed by atoms with E-state index in [1.54, 1.807) is 17.2 Å². The van der Waals surface area contributed by atoms with Crippen LogP contribution in [0, 0.1) is 5.92 Å². The molecule has 6 nitrogen and oxygen atoms in total. The molecule has 6 heteroatoms. The predicted octanol–water partition coefficient (Wildman–Crippen LogP) is 1.51. The van der Waals surface area contributed by atoms with Crippen molar-refractivity contribution in [1.29, 1.82) is 0 Å². The molecule has 1 aromatic heterocycles. The van der Waals surface area contributed by atoms with Crippen LogP contribution in [0.15, 0.2) is 12.3 Å². The monoisotopic (exact) mass is 293 g/mol. The van der Waals surface area contributed by atoms with Crippen molar-refractivity contribution in [3.8, 4) is 0 Å². The number of hydrogen-bond donors (Lipinski definition) is 1. The van der Waals surface area contributed by atoms with Crippen LogP contribution < -0.4 is 5.73 Å². The molecule has 1 fully saturated rings. The van der Waals surface area contributed by atoms with Crippen LogP contribution in [0.1, 0.15) is 36.7 Å². The summed E-state index contributed by atoms with van der Waals surface area (Å²) >= 11 is 0. The van der Waals surface area contributed by atoms with Gasteiger partial charge in [0.1, 0.15) is 5.69 Å². The number of rotatable bonds is 4. The molecule has 0 bridgehead atoms. The van der Waals surface area contributed by atoms with Gasteiger partial charge in [-0.25, -0.2) is 0 Å². The van der Waals surface area contributed by atoms with Gasteiger partial charge in [0.05, 0.1) is 18.7 Å². The van der Waals surface area contributed by atoms with Gasteiger partial charge in [-0.15, -0.1) is 0 Å². The van der Waals surface area contributed by atoms with Crippen LogP contribution in [-0.2, 0) is 16.1 Å². The number of anilines is 1. The van der Waals surface area contributed by atoms with E-state index in [0.29, 0.717) is 24.5 Å². The van der Waals surface area contributed by atoms with E-state index in [9.17, 15) is 9.59 Å². The van der Waals surface area contributed by atoms with Gasteiger partial charge in [0, 0.05) is 25.8 Å². The third-order valence-electron chi connectivity index (χ3n) is 3.84. The van der Waals surface area contributed by atoms with Gasteiger partial charge in [-0.2, -0.15) is 0 Å². The van der Waals surface area contributed by atoms with E-state index in [1.807, 2.05) is 4.57 Å². The summed E-state index contributed by atoms with van der Waals surface area (Å²) < 4.78 is 6.68. The summed E-state index contributed by atoms with van der Waals surface area (Å²) in [5.74, 6) is -0.524. The van der Waals surface area contributed by atoms with Crippen LogP contribution in [0.5, 0.6) is 0 Å². The summed E-state index contributed by atoms with van der Waals surface area (Å²) in [5.41, 5.74) is 7.00. The minimum absolute atomic E-state index is 0.0613. The highest BCUT2D eigenvalue weighted by Gasteiger charge is 2.30. The van der Waals surface area contributed by atoms with Gasteiger partial charge in [0.2, 0.25) is 0 Å². The number of carbonyl (C=O) groups is 2. The third kappa shape index (κ3) is 3.37. The van der Waals surface area contributed by atoms with Gasteiger partial charge in [-0.05, 0) is 25.3 Å². The van der Waals surface area contributed by atoms with Crippen LogP contribution in [0.3, 0.4) is 0 Å². The zero-order valence-corrected chi connectivity index (χ0v) is 12.7. The molecule has 1 aliphatic heterocycles. The lowest BCUT2D eigenvalue weighted by molar-refractivity contribution is -0.146. The molecule has 2 rings (SSSR count). The minimum Gasteiger partial charge on any atom is -0.469 e. The molecular formula is C15H23N3O3. The Morgan fingerprint density at radius 2 is 2.24 bits per heavy atom. The lowest BCUT2D eigenvalue weighted by Gasteiger charge is -2.31. The van der Waals surface area contributed by atoms with E-state index >= 15 is 0 Å². The molecule has 0 saturated carbocycles. The van der Waals surface area contributed by atoms with Crippen molar-refractivity contribution < 1.29 is 14.3 Å². The number of esters is 1. The van der Waals surface area contributed by atoms with Crippen LogP contribution in [0.2, 0.25) is 0 Å². The number of ether oxygens (including phenoxy) is 1. The number of amides is 1. The lowest BCUT2D eigenvalue weighted by Crippen LogP contribution is -2.43. The SMILES string of the molecule is CCCn1cc(N)cc1C(=O)N1CCCC(C(=O)OC)C1. The Labute approximate surface area is 124 Å². The Hall–Kier alpha value is -1.98. The summed E-state index contributed by atoms with van der Waals surface area (Å²) in [7, 11) is 1.39. The maximum absolute atomic E-state index is 12.7. The predicted molar refractivity (Wildman–Crippen MR) is 79.8 cm³/mol. The lowest BCUT2D eigenvalue weighted by atomic mass is 9.98. The first-order chi connectivity index (χ1) is 10.1. The molecule has 2 N–H and O–H groups in total. The fraction of sp³-hybridized carbons (Fsp3) is 0.600. The highest BCUT2D eigenvalue weighted by atomic mass is 16.5. The second kappa shape index (κ2) is 6.65.